The van der Waals surface area contributed by atoms with Crippen LogP contribution in [0.15, 0.2) is 0 Å². The standard InChI is InChI=1S/C89H193N8O5/c1-16-21-26-31-36-41-46-51-56-61-70-93(6,7)80-85(98)75-90(66-68-91(76-86(99)81-94(8,9)71-62-57-52-47-42-37-32-27-22-17-2)77-87(100)82-95(10,11)72-63-58-53-48-43-38-33-28-23-18-3)67-69-92(78-88(101)83-96(12,13)73-64-59-54-49-44-39-34-29-24-19-4)79-89(102)84-97(14,15)74-65-60-55-50-45-40-35-30-25-20-5/h85-89,98-102H,16-84H2,1-15H3/q+5. The molecule has 0 amide bonds. The maximum absolute atomic E-state index is 12.4. The molecule has 5 unspecified atom stereocenters. The van der Waals surface area contributed by atoms with Gasteiger partial charge in [0.15, 0.2) is 0 Å². The molecule has 0 saturated heterocycles. The quantitative estimate of drug-likeness (QED) is 0.0303. The number of quaternary nitrogens is 5. The molecule has 0 aromatic carbocycles. The van der Waals surface area contributed by atoms with E-state index in [0.717, 1.165) is 55.1 Å². The van der Waals surface area contributed by atoms with Gasteiger partial charge in [-0.1, -0.05) is 291 Å². The summed E-state index contributed by atoms with van der Waals surface area (Å²) in [6.45, 7) is 25.2. The van der Waals surface area contributed by atoms with E-state index in [4.69, 9.17) is 0 Å². The maximum Gasteiger partial charge on any atom is 0.115 e. The van der Waals surface area contributed by atoms with Gasteiger partial charge in [-0.2, -0.15) is 0 Å². The van der Waals surface area contributed by atoms with Crippen LogP contribution in [0.2, 0.25) is 0 Å². The van der Waals surface area contributed by atoms with Crippen molar-refractivity contribution in [2.75, 3.05) is 195 Å². The second-order valence-electron chi connectivity index (χ2n) is 37.2. The van der Waals surface area contributed by atoms with Gasteiger partial charge in [0, 0.05) is 58.9 Å². The van der Waals surface area contributed by atoms with E-state index in [-0.39, 0.29) is 0 Å². The molecule has 5 N–H and O–H groups in total. The Balaban J connectivity index is 6.92. The highest BCUT2D eigenvalue weighted by Crippen LogP contribution is 2.20. The van der Waals surface area contributed by atoms with Gasteiger partial charge in [0.25, 0.3) is 0 Å². The van der Waals surface area contributed by atoms with Crippen molar-refractivity contribution in [3.63, 3.8) is 0 Å². The van der Waals surface area contributed by atoms with Gasteiger partial charge in [-0.25, -0.2) is 0 Å². The molecule has 0 saturated carbocycles. The van der Waals surface area contributed by atoms with Crippen molar-refractivity contribution >= 4 is 0 Å². The van der Waals surface area contributed by atoms with E-state index in [1.54, 1.807) is 0 Å². The van der Waals surface area contributed by atoms with Crippen LogP contribution in [-0.4, -0.2) is 288 Å². The van der Waals surface area contributed by atoms with Crippen LogP contribution in [0.3, 0.4) is 0 Å². The number of likely N-dealkylation sites (N-methyl/N-ethyl adjacent to an activating group) is 5. The molecule has 0 heterocycles. The van der Waals surface area contributed by atoms with Crippen molar-refractivity contribution in [2.45, 2.75) is 386 Å². The number of aliphatic hydroxyl groups excluding tert-OH is 5. The minimum Gasteiger partial charge on any atom is -0.386 e. The normalized spacial score (nSPS) is 14.5. The van der Waals surface area contributed by atoms with Gasteiger partial charge in [-0.15, -0.1) is 0 Å². The summed E-state index contributed by atoms with van der Waals surface area (Å²) in [5, 5.41) is 61.3. The second-order valence-corrected chi connectivity index (χ2v) is 37.2. The molecular formula is C89H193N8O5+5. The molecule has 0 aromatic rings. The fraction of sp³-hybridized carbons (Fsp3) is 1.00. The number of aliphatic hydroxyl groups is 5. The lowest BCUT2D eigenvalue weighted by Gasteiger charge is -2.38. The molecule has 0 fully saturated rings. The molecule has 0 aromatic heterocycles. The second kappa shape index (κ2) is 66.3. The first-order chi connectivity index (χ1) is 48.7. The van der Waals surface area contributed by atoms with Crippen molar-refractivity contribution in [2.24, 2.45) is 0 Å². The number of rotatable bonds is 81. The monoisotopic (exact) mass is 1450 g/mol. The molecule has 13 heteroatoms. The third kappa shape index (κ3) is 67.6. The first kappa shape index (κ1) is 101. The number of unbranched alkanes of at least 4 members (excludes halogenated alkanes) is 45. The van der Waals surface area contributed by atoms with E-state index < -0.39 is 30.5 Å². The van der Waals surface area contributed by atoms with E-state index in [2.05, 4.69) is 120 Å². The van der Waals surface area contributed by atoms with Crippen LogP contribution in [0.1, 0.15) is 356 Å². The number of nitrogens with zero attached hydrogens (tertiary/aromatic N) is 8. The zero-order valence-corrected chi connectivity index (χ0v) is 72.5. The molecule has 0 spiro atoms. The number of hydrogen-bond donors (Lipinski definition) is 5. The molecule has 0 radical (unpaired) electrons. The van der Waals surface area contributed by atoms with E-state index in [1.165, 1.54) is 321 Å². The van der Waals surface area contributed by atoms with Gasteiger partial charge in [-0.05, 0) is 64.2 Å². The van der Waals surface area contributed by atoms with E-state index >= 15 is 0 Å². The lowest BCUT2D eigenvalue weighted by Crippen LogP contribution is -2.54. The van der Waals surface area contributed by atoms with Crippen LogP contribution < -0.4 is 0 Å². The zero-order chi connectivity index (χ0) is 75.9. The lowest BCUT2D eigenvalue weighted by molar-refractivity contribution is -0.893. The summed E-state index contributed by atoms with van der Waals surface area (Å²) >= 11 is 0. The first-order valence-electron chi connectivity index (χ1n) is 45.4. The predicted molar refractivity (Wildman–Crippen MR) is 448 cm³/mol. The predicted octanol–water partition coefficient (Wildman–Crippen LogP) is 18.7. The summed E-state index contributed by atoms with van der Waals surface area (Å²) in [5.74, 6) is 0. The summed E-state index contributed by atoms with van der Waals surface area (Å²) in [4.78, 5) is 7.17. The molecule has 102 heavy (non-hydrogen) atoms. The molecule has 13 nitrogen and oxygen atoms in total. The highest BCUT2D eigenvalue weighted by molar-refractivity contribution is 4.77. The number of hydrogen-bond acceptors (Lipinski definition) is 8. The van der Waals surface area contributed by atoms with Gasteiger partial charge in [-0.3, -0.25) is 14.7 Å². The first-order valence-corrected chi connectivity index (χ1v) is 45.4. The molecule has 5 atom stereocenters. The van der Waals surface area contributed by atoms with Crippen LogP contribution >= 0.6 is 0 Å². The summed E-state index contributed by atoms with van der Waals surface area (Å²) in [7, 11) is 22.9. The summed E-state index contributed by atoms with van der Waals surface area (Å²) in [5.41, 5.74) is 0. The van der Waals surface area contributed by atoms with Crippen molar-refractivity contribution < 1.29 is 47.9 Å². The minimum absolute atomic E-state index is 0.493. The van der Waals surface area contributed by atoms with Gasteiger partial charge < -0.3 is 47.9 Å². The molecule has 0 aliphatic carbocycles. The SMILES string of the molecule is CCCCCCCCCCCC[N+](C)(C)CC(O)CN(CCN(CC(O)C[N+](C)(C)CCCCCCCCCCCC)CC(O)C[N+](C)(C)CCCCCCCCCCCC)CCN(CC(O)C[N+](C)(C)CCCCCCCCCCCC)CC(O)C[N+](C)(C)CCCCCCCCCCCC. The van der Waals surface area contributed by atoms with Gasteiger partial charge >= 0.3 is 0 Å². The van der Waals surface area contributed by atoms with Crippen molar-refractivity contribution in [3.8, 4) is 0 Å². The lowest BCUT2D eigenvalue weighted by atomic mass is 10.1. The molecule has 0 aliphatic rings. The Kier molecular flexibility index (Phi) is 65.9. The van der Waals surface area contributed by atoms with Crippen molar-refractivity contribution in [1.29, 1.82) is 0 Å². The minimum atomic E-state index is -0.550. The van der Waals surface area contributed by atoms with Crippen LogP contribution in [0, 0.1) is 0 Å². The fourth-order valence-corrected chi connectivity index (χ4v) is 16.6. The van der Waals surface area contributed by atoms with Gasteiger partial charge in [0.2, 0.25) is 0 Å². The summed E-state index contributed by atoms with van der Waals surface area (Å²) in [6.07, 6.45) is 63.2. The molecular weight excluding hydrogens is 1260 g/mol. The van der Waals surface area contributed by atoms with E-state index in [9.17, 15) is 25.5 Å². The Morgan fingerprint density at radius 2 is 0.294 bits per heavy atom. The Morgan fingerprint density at radius 1 is 0.176 bits per heavy atom. The van der Waals surface area contributed by atoms with E-state index in [0.29, 0.717) is 91.6 Å². The van der Waals surface area contributed by atoms with Crippen LogP contribution in [0.4, 0.5) is 0 Å². The molecule has 0 bridgehead atoms. The van der Waals surface area contributed by atoms with Crippen molar-refractivity contribution in [1.82, 2.24) is 14.7 Å². The summed E-state index contributed by atoms with van der Waals surface area (Å²) in [6, 6.07) is 0. The van der Waals surface area contributed by atoms with Gasteiger partial charge in [0.05, 0.1) is 103 Å². The van der Waals surface area contributed by atoms with Crippen molar-refractivity contribution in [3.05, 3.63) is 0 Å². The topological polar surface area (TPSA) is 111 Å². The Bertz CT molecular complexity index is 1560. The Morgan fingerprint density at radius 3 is 0.441 bits per heavy atom. The fourth-order valence-electron chi connectivity index (χ4n) is 16.6. The molecule has 614 valence electrons. The van der Waals surface area contributed by atoms with Crippen LogP contribution in [-0.2, 0) is 0 Å². The van der Waals surface area contributed by atoms with Crippen LogP contribution in [0.25, 0.3) is 0 Å². The van der Waals surface area contributed by atoms with E-state index in [1.807, 2.05) is 0 Å². The average Bonchev–Trinajstić information content (AvgIpc) is 0.881. The van der Waals surface area contributed by atoms with Crippen LogP contribution in [0.5, 0.6) is 0 Å². The maximum atomic E-state index is 12.4. The largest absolute Gasteiger partial charge is 0.386 e. The molecule has 0 rings (SSSR count). The third-order valence-electron chi connectivity index (χ3n) is 22.9. The smallest absolute Gasteiger partial charge is 0.115 e. The Hall–Kier alpha value is -0.520. The highest BCUT2D eigenvalue weighted by Gasteiger charge is 2.31. The average molecular weight is 1460 g/mol. The third-order valence-corrected chi connectivity index (χ3v) is 22.9. The summed E-state index contributed by atoms with van der Waals surface area (Å²) < 4.78 is 3.89. The highest BCUT2D eigenvalue weighted by atomic mass is 16.3. The zero-order valence-electron chi connectivity index (χ0n) is 72.5. The van der Waals surface area contributed by atoms with Gasteiger partial charge in [0.1, 0.15) is 63.2 Å². The molecule has 0 aliphatic heterocycles. The Labute approximate surface area is 640 Å².